The summed E-state index contributed by atoms with van der Waals surface area (Å²) in [4.78, 5) is 1.42. The molecule has 102 valence electrons. The Bertz CT molecular complexity index is 628. The van der Waals surface area contributed by atoms with E-state index in [-0.39, 0.29) is 0 Å². The Morgan fingerprint density at radius 2 is 1.75 bits per heavy atom. The van der Waals surface area contributed by atoms with Crippen LogP contribution in [0.2, 0.25) is 0 Å². The molecule has 0 radical (unpaired) electrons. The quantitative estimate of drug-likeness (QED) is 0.902. The van der Waals surface area contributed by atoms with Crippen molar-refractivity contribution in [3.05, 3.63) is 59.7 Å². The standard InChI is InChI=1S/C17H17NOS/c1-3-7-16-12(5-1)14(9-10-19-16)18-15-11-20-17-8-4-2-6-13(15)17/h1-8,14-15,18H,9-11H2. The average molecular weight is 283 g/mol. The van der Waals surface area contributed by atoms with E-state index in [9.17, 15) is 0 Å². The van der Waals surface area contributed by atoms with E-state index in [1.807, 2.05) is 17.8 Å². The van der Waals surface area contributed by atoms with Gasteiger partial charge >= 0.3 is 0 Å². The fourth-order valence-corrected chi connectivity index (χ4v) is 4.23. The first-order valence-corrected chi connectivity index (χ1v) is 8.10. The summed E-state index contributed by atoms with van der Waals surface area (Å²) in [6, 6.07) is 18.0. The SMILES string of the molecule is c1ccc2c(c1)OCCC2NC1CSc2ccccc21. The molecule has 0 spiro atoms. The van der Waals surface area contributed by atoms with Crippen LogP contribution < -0.4 is 10.1 Å². The van der Waals surface area contributed by atoms with Gasteiger partial charge in [0.05, 0.1) is 6.61 Å². The average Bonchev–Trinajstić information content (AvgIpc) is 2.91. The molecular formula is C17H17NOS. The third-order valence-electron chi connectivity index (χ3n) is 4.06. The van der Waals surface area contributed by atoms with E-state index in [2.05, 4.69) is 47.8 Å². The van der Waals surface area contributed by atoms with Gasteiger partial charge < -0.3 is 10.1 Å². The maximum Gasteiger partial charge on any atom is 0.124 e. The van der Waals surface area contributed by atoms with Crippen molar-refractivity contribution < 1.29 is 4.74 Å². The van der Waals surface area contributed by atoms with E-state index >= 15 is 0 Å². The van der Waals surface area contributed by atoms with Crippen molar-refractivity contribution in [3.8, 4) is 5.75 Å². The minimum absolute atomic E-state index is 0.400. The van der Waals surface area contributed by atoms with Crippen LogP contribution in [-0.2, 0) is 0 Å². The van der Waals surface area contributed by atoms with E-state index in [4.69, 9.17) is 4.74 Å². The summed E-state index contributed by atoms with van der Waals surface area (Å²) in [5, 5.41) is 3.83. The molecule has 1 N–H and O–H groups in total. The minimum Gasteiger partial charge on any atom is -0.493 e. The van der Waals surface area contributed by atoms with E-state index in [0.717, 1.165) is 24.5 Å². The Balaban J connectivity index is 1.59. The third-order valence-corrected chi connectivity index (χ3v) is 5.24. The lowest BCUT2D eigenvalue weighted by Crippen LogP contribution is -2.30. The Hall–Kier alpha value is -1.45. The molecule has 0 saturated carbocycles. The molecule has 4 rings (SSSR count). The third kappa shape index (κ3) is 2.11. The van der Waals surface area contributed by atoms with Crippen molar-refractivity contribution in [2.24, 2.45) is 0 Å². The molecule has 2 aromatic rings. The van der Waals surface area contributed by atoms with Crippen LogP contribution in [0.5, 0.6) is 5.75 Å². The molecular weight excluding hydrogens is 266 g/mol. The molecule has 0 bridgehead atoms. The molecule has 0 aliphatic carbocycles. The monoisotopic (exact) mass is 283 g/mol. The van der Waals surface area contributed by atoms with Crippen molar-refractivity contribution in [1.29, 1.82) is 0 Å². The number of fused-ring (bicyclic) bond motifs is 2. The predicted molar refractivity (Wildman–Crippen MR) is 82.3 cm³/mol. The summed E-state index contributed by atoms with van der Waals surface area (Å²) in [5.74, 6) is 2.16. The predicted octanol–water partition coefficient (Wildman–Crippen LogP) is 3.95. The first-order chi connectivity index (χ1) is 9.92. The minimum atomic E-state index is 0.400. The summed E-state index contributed by atoms with van der Waals surface area (Å²) in [7, 11) is 0. The van der Waals surface area contributed by atoms with Gasteiger partial charge in [0.15, 0.2) is 0 Å². The van der Waals surface area contributed by atoms with Gasteiger partial charge in [-0.25, -0.2) is 0 Å². The van der Waals surface area contributed by atoms with Gasteiger partial charge in [0.25, 0.3) is 0 Å². The first kappa shape index (κ1) is 12.3. The Morgan fingerprint density at radius 1 is 0.950 bits per heavy atom. The summed E-state index contributed by atoms with van der Waals surface area (Å²) in [6.45, 7) is 0.802. The molecule has 2 aromatic carbocycles. The van der Waals surface area contributed by atoms with E-state index in [1.54, 1.807) is 0 Å². The zero-order chi connectivity index (χ0) is 13.4. The van der Waals surface area contributed by atoms with Gasteiger partial charge in [-0.2, -0.15) is 0 Å². The Morgan fingerprint density at radius 3 is 2.70 bits per heavy atom. The van der Waals surface area contributed by atoms with E-state index < -0.39 is 0 Å². The van der Waals surface area contributed by atoms with Crippen LogP contribution in [0, 0.1) is 0 Å². The van der Waals surface area contributed by atoms with Crippen molar-refractivity contribution in [2.45, 2.75) is 23.4 Å². The smallest absolute Gasteiger partial charge is 0.124 e. The number of hydrogen-bond acceptors (Lipinski definition) is 3. The molecule has 2 atom stereocenters. The lowest BCUT2D eigenvalue weighted by molar-refractivity contribution is 0.246. The van der Waals surface area contributed by atoms with Crippen LogP contribution in [0.15, 0.2) is 53.4 Å². The lowest BCUT2D eigenvalue weighted by atomic mass is 9.98. The fraction of sp³-hybridized carbons (Fsp3) is 0.294. The molecule has 20 heavy (non-hydrogen) atoms. The summed E-state index contributed by atoms with van der Waals surface area (Å²) >= 11 is 1.95. The number of thioether (sulfide) groups is 1. The van der Waals surface area contributed by atoms with Crippen molar-refractivity contribution in [1.82, 2.24) is 5.32 Å². The number of benzene rings is 2. The van der Waals surface area contributed by atoms with Crippen molar-refractivity contribution >= 4 is 11.8 Å². The molecule has 0 saturated heterocycles. The van der Waals surface area contributed by atoms with Crippen LogP contribution in [0.25, 0.3) is 0 Å². The molecule has 2 aliphatic rings. The van der Waals surface area contributed by atoms with Crippen LogP contribution in [0.3, 0.4) is 0 Å². The molecule has 0 fully saturated rings. The Kier molecular flexibility index (Phi) is 3.17. The normalized spacial score (nSPS) is 23.8. The van der Waals surface area contributed by atoms with Gasteiger partial charge in [-0.1, -0.05) is 36.4 Å². The van der Waals surface area contributed by atoms with E-state index in [0.29, 0.717) is 12.1 Å². The van der Waals surface area contributed by atoms with Gasteiger partial charge in [0.1, 0.15) is 5.75 Å². The maximum atomic E-state index is 5.74. The van der Waals surface area contributed by atoms with Crippen LogP contribution >= 0.6 is 11.8 Å². The van der Waals surface area contributed by atoms with Gasteiger partial charge in [0.2, 0.25) is 0 Å². The highest BCUT2D eigenvalue weighted by Crippen LogP contribution is 2.40. The van der Waals surface area contributed by atoms with Gasteiger partial charge in [-0.05, 0) is 17.7 Å². The molecule has 2 aliphatic heterocycles. The second-order valence-corrected chi connectivity index (χ2v) is 6.36. The zero-order valence-corrected chi connectivity index (χ0v) is 12.0. The van der Waals surface area contributed by atoms with Gasteiger partial charge in [-0.3, -0.25) is 0 Å². The molecule has 2 heterocycles. The molecule has 3 heteroatoms. The second kappa shape index (κ2) is 5.15. The number of para-hydroxylation sites is 1. The summed E-state index contributed by atoms with van der Waals surface area (Å²) in [5.41, 5.74) is 2.75. The fourth-order valence-electron chi connectivity index (χ4n) is 3.06. The highest BCUT2D eigenvalue weighted by Gasteiger charge is 2.28. The topological polar surface area (TPSA) is 21.3 Å². The summed E-state index contributed by atoms with van der Waals surface area (Å²) in [6.07, 6.45) is 1.04. The number of nitrogens with one attached hydrogen (secondary N) is 1. The first-order valence-electron chi connectivity index (χ1n) is 7.11. The molecule has 0 amide bonds. The van der Waals surface area contributed by atoms with Crippen molar-refractivity contribution in [3.63, 3.8) is 0 Å². The molecule has 2 nitrogen and oxygen atoms in total. The molecule has 0 aromatic heterocycles. The number of rotatable bonds is 2. The van der Waals surface area contributed by atoms with Crippen LogP contribution in [0.1, 0.15) is 29.6 Å². The Labute approximate surface area is 123 Å². The van der Waals surface area contributed by atoms with Gasteiger partial charge in [-0.15, -0.1) is 11.8 Å². The number of hydrogen-bond donors (Lipinski definition) is 1. The van der Waals surface area contributed by atoms with Crippen LogP contribution in [-0.4, -0.2) is 12.4 Å². The van der Waals surface area contributed by atoms with Gasteiger partial charge in [0, 0.05) is 34.7 Å². The van der Waals surface area contributed by atoms with Crippen LogP contribution in [0.4, 0.5) is 0 Å². The number of ether oxygens (including phenoxy) is 1. The van der Waals surface area contributed by atoms with E-state index in [1.165, 1.54) is 16.0 Å². The largest absolute Gasteiger partial charge is 0.493 e. The highest BCUT2D eigenvalue weighted by molar-refractivity contribution is 7.99. The zero-order valence-electron chi connectivity index (χ0n) is 11.2. The summed E-state index contributed by atoms with van der Waals surface area (Å²) < 4.78 is 5.74. The molecule has 2 unspecified atom stereocenters. The van der Waals surface area contributed by atoms with Crippen molar-refractivity contribution in [2.75, 3.05) is 12.4 Å². The maximum absolute atomic E-state index is 5.74. The lowest BCUT2D eigenvalue weighted by Gasteiger charge is -2.29. The second-order valence-electron chi connectivity index (χ2n) is 5.30. The highest BCUT2D eigenvalue weighted by atomic mass is 32.2.